The Bertz CT molecular complexity index is 876. The van der Waals surface area contributed by atoms with Crippen LogP contribution in [-0.4, -0.2) is 34.2 Å². The minimum Gasteiger partial charge on any atom is -0.330 e. The Hall–Kier alpha value is -2.44. The molecule has 5 aliphatic rings. The van der Waals surface area contributed by atoms with E-state index in [0.717, 1.165) is 25.7 Å². The monoisotopic (exact) mass is 411 g/mol. The van der Waals surface area contributed by atoms with Crippen molar-refractivity contribution in [2.75, 3.05) is 11.9 Å². The van der Waals surface area contributed by atoms with Crippen molar-refractivity contribution >= 4 is 23.2 Å². The van der Waals surface area contributed by atoms with Crippen molar-refractivity contribution in [2.45, 2.75) is 64.3 Å². The van der Waals surface area contributed by atoms with Gasteiger partial charge in [-0.1, -0.05) is 6.07 Å². The summed E-state index contributed by atoms with van der Waals surface area (Å²) in [6.45, 7) is 2.30. The molecule has 160 valence electrons. The number of nitrogens with one attached hydrogen (secondary N) is 1. The first-order valence-corrected chi connectivity index (χ1v) is 11.2. The molecule has 5 fully saturated rings. The first-order chi connectivity index (χ1) is 14.3. The number of nitro groups is 1. The maximum atomic E-state index is 13.7. The fraction of sp³-hybridized carbons (Fsp3) is 0.652. The number of hydrogen-bond donors (Lipinski definition) is 1. The number of hydrogen-bond acceptors (Lipinski definition) is 4. The fourth-order valence-electron chi connectivity index (χ4n) is 7.07. The number of nitro benzene ring substituents is 1. The molecule has 7 heteroatoms. The van der Waals surface area contributed by atoms with Gasteiger partial charge in [0.2, 0.25) is 11.8 Å². The van der Waals surface area contributed by atoms with Crippen LogP contribution < -0.4 is 5.32 Å². The van der Waals surface area contributed by atoms with E-state index in [0.29, 0.717) is 42.0 Å². The Morgan fingerprint density at radius 3 is 2.37 bits per heavy atom. The van der Waals surface area contributed by atoms with Crippen LogP contribution >= 0.6 is 0 Å². The van der Waals surface area contributed by atoms with E-state index < -0.39 is 11.0 Å². The van der Waals surface area contributed by atoms with Crippen molar-refractivity contribution in [3.63, 3.8) is 0 Å². The molecule has 1 N–H and O–H groups in total. The summed E-state index contributed by atoms with van der Waals surface area (Å²) in [5.74, 6) is 2.01. The maximum absolute atomic E-state index is 13.7. The molecule has 0 spiro atoms. The predicted molar refractivity (Wildman–Crippen MR) is 112 cm³/mol. The van der Waals surface area contributed by atoms with E-state index in [1.807, 2.05) is 4.90 Å². The van der Waals surface area contributed by atoms with Gasteiger partial charge in [0, 0.05) is 23.9 Å². The van der Waals surface area contributed by atoms with Crippen LogP contribution in [0.25, 0.3) is 0 Å². The van der Waals surface area contributed by atoms with Gasteiger partial charge in [-0.3, -0.25) is 19.7 Å². The molecular weight excluding hydrogens is 382 g/mol. The van der Waals surface area contributed by atoms with E-state index in [1.54, 1.807) is 19.1 Å². The van der Waals surface area contributed by atoms with Crippen molar-refractivity contribution < 1.29 is 14.5 Å². The number of amides is 2. The second-order valence-corrected chi connectivity index (χ2v) is 10.1. The molecule has 1 saturated heterocycles. The number of aryl methyl sites for hydroxylation is 1. The van der Waals surface area contributed by atoms with Crippen LogP contribution in [-0.2, 0) is 9.59 Å². The lowest BCUT2D eigenvalue weighted by Crippen LogP contribution is -2.56. The largest absolute Gasteiger partial charge is 0.330 e. The minimum absolute atomic E-state index is 0.0132. The highest BCUT2D eigenvalue weighted by atomic mass is 16.6. The first-order valence-electron chi connectivity index (χ1n) is 11.2. The van der Waals surface area contributed by atoms with Crippen LogP contribution in [0.1, 0.15) is 56.9 Å². The maximum Gasteiger partial charge on any atom is 0.274 e. The molecule has 1 aromatic rings. The number of anilines is 1. The highest BCUT2D eigenvalue weighted by molar-refractivity contribution is 5.98. The first kappa shape index (κ1) is 19.5. The molecule has 6 rings (SSSR count). The summed E-state index contributed by atoms with van der Waals surface area (Å²) in [7, 11) is 0. The van der Waals surface area contributed by atoms with Crippen LogP contribution in [0.15, 0.2) is 18.2 Å². The van der Waals surface area contributed by atoms with E-state index >= 15 is 0 Å². The molecule has 0 radical (unpaired) electrons. The highest BCUT2D eigenvalue weighted by Crippen LogP contribution is 2.60. The Morgan fingerprint density at radius 2 is 1.77 bits per heavy atom. The van der Waals surface area contributed by atoms with E-state index in [9.17, 15) is 19.7 Å². The number of likely N-dealkylation sites (tertiary alicyclic amines) is 1. The quantitative estimate of drug-likeness (QED) is 0.598. The SMILES string of the molecule is Cc1ccc(NC(=O)[C@@H]2CCCN2C(=O)C23CC4CC(CC(C4)C2)C3)cc1[N+](=O)[O-]. The minimum atomic E-state index is -0.481. The van der Waals surface area contributed by atoms with Crippen LogP contribution in [0, 0.1) is 40.2 Å². The molecule has 1 aliphatic heterocycles. The Kier molecular flexibility index (Phi) is 4.60. The Labute approximate surface area is 176 Å². The second kappa shape index (κ2) is 7.06. The summed E-state index contributed by atoms with van der Waals surface area (Å²) >= 11 is 0. The smallest absolute Gasteiger partial charge is 0.274 e. The summed E-state index contributed by atoms with van der Waals surface area (Å²) in [5.41, 5.74) is 0.699. The molecule has 4 bridgehead atoms. The number of benzene rings is 1. The summed E-state index contributed by atoms with van der Waals surface area (Å²) in [6.07, 6.45) is 8.29. The van der Waals surface area contributed by atoms with Gasteiger partial charge in [0.15, 0.2) is 0 Å². The van der Waals surface area contributed by atoms with Crippen molar-refractivity contribution in [1.82, 2.24) is 4.90 Å². The molecule has 1 heterocycles. The van der Waals surface area contributed by atoms with Gasteiger partial charge in [-0.25, -0.2) is 0 Å². The lowest BCUT2D eigenvalue weighted by atomic mass is 9.49. The molecule has 0 aromatic heterocycles. The predicted octanol–water partition coefficient (Wildman–Crippen LogP) is 4.05. The normalized spacial score (nSPS) is 34.2. The van der Waals surface area contributed by atoms with Gasteiger partial charge in [0.05, 0.1) is 10.3 Å². The number of nitrogens with zero attached hydrogens (tertiary/aromatic N) is 2. The number of carbonyl (C=O) groups excluding carboxylic acids is 2. The summed E-state index contributed by atoms with van der Waals surface area (Å²) in [6, 6.07) is 4.24. The highest BCUT2D eigenvalue weighted by Gasteiger charge is 2.56. The van der Waals surface area contributed by atoms with Crippen LogP contribution in [0.3, 0.4) is 0 Å². The molecule has 1 atom stereocenters. The van der Waals surface area contributed by atoms with Gasteiger partial charge >= 0.3 is 0 Å². The molecule has 30 heavy (non-hydrogen) atoms. The molecule has 2 amide bonds. The number of carbonyl (C=O) groups is 2. The molecule has 1 aromatic carbocycles. The lowest BCUT2D eigenvalue weighted by molar-refractivity contribution is -0.385. The zero-order valence-corrected chi connectivity index (χ0v) is 17.4. The summed E-state index contributed by atoms with van der Waals surface area (Å²) < 4.78 is 0. The summed E-state index contributed by atoms with van der Waals surface area (Å²) in [4.78, 5) is 39.3. The van der Waals surface area contributed by atoms with E-state index in [-0.39, 0.29) is 22.9 Å². The zero-order valence-electron chi connectivity index (χ0n) is 17.4. The van der Waals surface area contributed by atoms with Crippen LogP contribution in [0.2, 0.25) is 0 Å². The molecule has 4 aliphatic carbocycles. The second-order valence-electron chi connectivity index (χ2n) is 10.1. The zero-order chi connectivity index (χ0) is 21.0. The molecule has 7 nitrogen and oxygen atoms in total. The standard InChI is InChI=1S/C23H29N3O4/c1-14-4-5-18(10-20(14)26(29)30)24-21(27)19-3-2-6-25(19)22(28)23-11-15-7-16(12-23)9-17(8-15)13-23/h4-5,10,15-17,19H,2-3,6-9,11-13H2,1H3,(H,24,27)/t15?,16?,17?,19-,23?/m0/s1. The topological polar surface area (TPSA) is 92.6 Å². The molecular formula is C23H29N3O4. The van der Waals surface area contributed by atoms with E-state index in [2.05, 4.69) is 5.32 Å². The van der Waals surface area contributed by atoms with Crippen LogP contribution in [0.4, 0.5) is 11.4 Å². The van der Waals surface area contributed by atoms with Gasteiger partial charge in [-0.15, -0.1) is 0 Å². The Balaban J connectivity index is 1.33. The third-order valence-electron chi connectivity index (χ3n) is 7.98. The fourth-order valence-corrected chi connectivity index (χ4v) is 7.07. The molecule has 4 saturated carbocycles. The number of rotatable bonds is 4. The van der Waals surface area contributed by atoms with Crippen LogP contribution in [0.5, 0.6) is 0 Å². The van der Waals surface area contributed by atoms with Gasteiger partial charge in [0.25, 0.3) is 5.69 Å². The van der Waals surface area contributed by atoms with Crippen molar-refractivity contribution in [2.24, 2.45) is 23.2 Å². The molecule has 0 unspecified atom stereocenters. The van der Waals surface area contributed by atoms with E-state index in [1.165, 1.54) is 25.3 Å². The van der Waals surface area contributed by atoms with Gasteiger partial charge in [-0.05, 0) is 82.1 Å². The van der Waals surface area contributed by atoms with Gasteiger partial charge in [-0.2, -0.15) is 0 Å². The lowest BCUT2D eigenvalue weighted by Gasteiger charge is -2.56. The van der Waals surface area contributed by atoms with Gasteiger partial charge < -0.3 is 10.2 Å². The van der Waals surface area contributed by atoms with E-state index in [4.69, 9.17) is 0 Å². The third-order valence-corrected chi connectivity index (χ3v) is 7.98. The Morgan fingerprint density at radius 1 is 1.13 bits per heavy atom. The van der Waals surface area contributed by atoms with Crippen molar-refractivity contribution in [3.8, 4) is 0 Å². The van der Waals surface area contributed by atoms with Crippen molar-refractivity contribution in [1.29, 1.82) is 0 Å². The average molecular weight is 412 g/mol. The van der Waals surface area contributed by atoms with Gasteiger partial charge in [0.1, 0.15) is 6.04 Å². The third kappa shape index (κ3) is 3.19. The average Bonchev–Trinajstić information content (AvgIpc) is 3.17. The van der Waals surface area contributed by atoms with Crippen molar-refractivity contribution in [3.05, 3.63) is 33.9 Å². The summed E-state index contributed by atoms with van der Waals surface area (Å²) in [5, 5.41) is 14.0.